The summed E-state index contributed by atoms with van der Waals surface area (Å²) >= 11 is 0. The number of rotatable bonds is 7. The molecule has 0 unspecified atom stereocenters. The van der Waals surface area contributed by atoms with E-state index >= 15 is 0 Å². The Hall–Kier alpha value is -7.76. The Morgan fingerprint density at radius 3 is 1.65 bits per heavy atom. The Labute approximate surface area is 328 Å². The third kappa shape index (κ3) is 5.81. The average molecular weight is 732 g/mol. The fraction of sp³-hybridized carbons (Fsp3) is 0. The largest absolute Gasteiger partial charge is 0.456 e. The van der Waals surface area contributed by atoms with Crippen LogP contribution in [0.15, 0.2) is 209 Å². The first-order valence-corrected chi connectivity index (χ1v) is 19.1. The van der Waals surface area contributed by atoms with E-state index in [4.69, 9.17) is 18.8 Å². The number of aromatic nitrogens is 2. The molecule has 0 fully saturated rings. The van der Waals surface area contributed by atoms with E-state index in [0.717, 1.165) is 100 Å². The van der Waals surface area contributed by atoms with Gasteiger partial charge in [-0.2, -0.15) is 0 Å². The van der Waals surface area contributed by atoms with Crippen LogP contribution in [0.25, 0.3) is 88.9 Å². The molecule has 0 aliphatic heterocycles. The molecule has 0 saturated heterocycles. The van der Waals surface area contributed by atoms with Crippen molar-refractivity contribution in [2.24, 2.45) is 0 Å². The summed E-state index contributed by atoms with van der Waals surface area (Å²) in [5.74, 6) is 0.671. The van der Waals surface area contributed by atoms with Crippen LogP contribution in [0.2, 0.25) is 0 Å². The molecule has 0 aliphatic rings. The van der Waals surface area contributed by atoms with Gasteiger partial charge in [0, 0.05) is 61.4 Å². The highest BCUT2D eigenvalue weighted by Gasteiger charge is 2.20. The van der Waals surface area contributed by atoms with Crippen LogP contribution in [0.1, 0.15) is 0 Å². The van der Waals surface area contributed by atoms with Crippen molar-refractivity contribution >= 4 is 60.9 Å². The SMILES string of the molecule is c1ccc(-c2cc(-c3cc(-c4ccc(N(c5ccccc5)c5ccc6c(c5)oc5ccccc56)cc4)cc4oc5ccccc5c34)nc(-c3ccccc3)n2)cc1. The summed E-state index contributed by atoms with van der Waals surface area (Å²) < 4.78 is 12.9. The van der Waals surface area contributed by atoms with Crippen LogP contribution >= 0.6 is 0 Å². The molecule has 11 rings (SSSR count). The third-order valence-corrected chi connectivity index (χ3v) is 10.7. The lowest BCUT2D eigenvalue weighted by molar-refractivity contribution is 0.668. The Balaban J connectivity index is 1.06. The van der Waals surface area contributed by atoms with Gasteiger partial charge in [0.25, 0.3) is 0 Å². The van der Waals surface area contributed by atoms with E-state index in [1.165, 1.54) is 0 Å². The van der Waals surface area contributed by atoms with Crippen LogP contribution in [-0.2, 0) is 0 Å². The first-order chi connectivity index (χ1) is 28.2. The highest BCUT2D eigenvalue weighted by Crippen LogP contribution is 2.43. The molecule has 5 heteroatoms. The van der Waals surface area contributed by atoms with Crippen molar-refractivity contribution in [3.8, 4) is 45.0 Å². The average Bonchev–Trinajstić information content (AvgIpc) is 3.85. The molecule has 0 aliphatic carbocycles. The summed E-state index contributed by atoms with van der Waals surface area (Å²) in [5, 5.41) is 4.29. The minimum atomic E-state index is 0.671. The molecule has 0 bridgehead atoms. The van der Waals surface area contributed by atoms with E-state index in [-0.39, 0.29) is 0 Å². The van der Waals surface area contributed by atoms with Crippen LogP contribution in [0, 0.1) is 0 Å². The van der Waals surface area contributed by atoms with Crippen molar-refractivity contribution in [2.75, 3.05) is 4.90 Å². The second-order valence-corrected chi connectivity index (χ2v) is 14.2. The molecule has 0 atom stereocenters. The van der Waals surface area contributed by atoms with Crippen molar-refractivity contribution in [3.05, 3.63) is 200 Å². The normalized spacial score (nSPS) is 11.5. The number of hydrogen-bond acceptors (Lipinski definition) is 5. The number of hydrogen-bond donors (Lipinski definition) is 0. The van der Waals surface area contributed by atoms with Crippen molar-refractivity contribution in [3.63, 3.8) is 0 Å². The number of benzene rings is 8. The minimum absolute atomic E-state index is 0.671. The van der Waals surface area contributed by atoms with E-state index in [1.54, 1.807) is 0 Å². The summed E-state index contributed by atoms with van der Waals surface area (Å²) in [7, 11) is 0. The molecule has 3 heterocycles. The topological polar surface area (TPSA) is 55.3 Å². The third-order valence-electron chi connectivity index (χ3n) is 10.7. The fourth-order valence-electron chi connectivity index (χ4n) is 7.96. The highest BCUT2D eigenvalue weighted by atomic mass is 16.3. The molecule has 11 aromatic rings. The zero-order valence-electron chi connectivity index (χ0n) is 30.7. The molecular formula is C52H33N3O2. The molecule has 0 saturated carbocycles. The molecule has 57 heavy (non-hydrogen) atoms. The van der Waals surface area contributed by atoms with Crippen LogP contribution in [0.3, 0.4) is 0 Å². The monoisotopic (exact) mass is 731 g/mol. The van der Waals surface area contributed by atoms with Gasteiger partial charge in [-0.3, -0.25) is 0 Å². The molecule has 0 amide bonds. The van der Waals surface area contributed by atoms with Crippen LogP contribution < -0.4 is 4.90 Å². The van der Waals surface area contributed by atoms with Crippen molar-refractivity contribution in [1.82, 2.24) is 9.97 Å². The zero-order valence-corrected chi connectivity index (χ0v) is 30.7. The zero-order chi connectivity index (χ0) is 37.7. The number of anilines is 3. The fourth-order valence-corrected chi connectivity index (χ4v) is 7.96. The summed E-state index contributed by atoms with van der Waals surface area (Å²) in [6.07, 6.45) is 0. The molecule has 0 N–H and O–H groups in total. The molecule has 268 valence electrons. The van der Waals surface area contributed by atoms with E-state index in [0.29, 0.717) is 5.82 Å². The van der Waals surface area contributed by atoms with E-state index < -0.39 is 0 Å². The maximum Gasteiger partial charge on any atom is 0.160 e. The second kappa shape index (κ2) is 13.5. The summed E-state index contributed by atoms with van der Waals surface area (Å²) in [4.78, 5) is 12.6. The lowest BCUT2D eigenvalue weighted by atomic mass is 9.96. The van der Waals surface area contributed by atoms with Crippen molar-refractivity contribution < 1.29 is 8.83 Å². The van der Waals surface area contributed by atoms with E-state index in [9.17, 15) is 0 Å². The Kier molecular flexibility index (Phi) is 7.74. The van der Waals surface area contributed by atoms with Gasteiger partial charge in [0.15, 0.2) is 5.82 Å². The van der Waals surface area contributed by atoms with Crippen LogP contribution in [0.4, 0.5) is 17.1 Å². The molecule has 5 nitrogen and oxygen atoms in total. The standard InChI is InChI=1S/C52H33N3O2/c1-4-14-35(15-5-1)45-33-46(54-52(53-45)36-16-6-2-7-17-36)44-30-37(31-50-51(44)43-21-11-13-23-48(43)57-50)34-24-26-39(27-25-34)55(38-18-8-3-9-19-38)40-28-29-42-41-20-10-12-22-47(41)56-49(42)32-40/h1-33H. The van der Waals surface area contributed by atoms with Gasteiger partial charge in [-0.15, -0.1) is 0 Å². The van der Waals surface area contributed by atoms with Gasteiger partial charge < -0.3 is 13.7 Å². The smallest absolute Gasteiger partial charge is 0.160 e. The first kappa shape index (κ1) is 32.7. The maximum absolute atomic E-state index is 6.58. The molecule has 0 spiro atoms. The molecular weight excluding hydrogens is 699 g/mol. The van der Waals surface area contributed by atoms with Gasteiger partial charge in [-0.25, -0.2) is 9.97 Å². The Morgan fingerprint density at radius 2 is 0.895 bits per heavy atom. The molecule has 8 aromatic carbocycles. The Bertz CT molecular complexity index is 3170. The number of nitrogens with zero attached hydrogens (tertiary/aromatic N) is 3. The van der Waals surface area contributed by atoms with E-state index in [2.05, 4.69) is 138 Å². The Morgan fingerprint density at radius 1 is 0.333 bits per heavy atom. The molecule has 3 aromatic heterocycles. The van der Waals surface area contributed by atoms with Gasteiger partial charge in [-0.05, 0) is 77.9 Å². The number of fused-ring (bicyclic) bond motifs is 6. The first-order valence-electron chi connectivity index (χ1n) is 19.1. The van der Waals surface area contributed by atoms with Crippen molar-refractivity contribution in [1.29, 1.82) is 0 Å². The molecule has 0 radical (unpaired) electrons. The van der Waals surface area contributed by atoms with Gasteiger partial charge in [0.05, 0.1) is 11.4 Å². The predicted molar refractivity (Wildman–Crippen MR) is 233 cm³/mol. The van der Waals surface area contributed by atoms with Crippen molar-refractivity contribution in [2.45, 2.75) is 0 Å². The van der Waals surface area contributed by atoms with E-state index in [1.807, 2.05) is 66.7 Å². The number of para-hydroxylation sites is 3. The summed E-state index contributed by atoms with van der Waals surface area (Å²) in [6, 6.07) is 69.0. The number of furan rings is 2. The van der Waals surface area contributed by atoms with Crippen LogP contribution in [-0.4, -0.2) is 9.97 Å². The predicted octanol–water partition coefficient (Wildman–Crippen LogP) is 14.4. The second-order valence-electron chi connectivity index (χ2n) is 14.2. The summed E-state index contributed by atoms with van der Waals surface area (Å²) in [6.45, 7) is 0. The van der Waals surface area contributed by atoms with Gasteiger partial charge >= 0.3 is 0 Å². The quantitative estimate of drug-likeness (QED) is 0.163. The lowest BCUT2D eigenvalue weighted by Gasteiger charge is -2.25. The highest BCUT2D eigenvalue weighted by molar-refractivity contribution is 6.13. The van der Waals surface area contributed by atoms with Gasteiger partial charge in [-0.1, -0.05) is 127 Å². The summed E-state index contributed by atoms with van der Waals surface area (Å²) in [5.41, 5.74) is 13.2. The maximum atomic E-state index is 6.58. The van der Waals surface area contributed by atoms with Gasteiger partial charge in [0.1, 0.15) is 22.3 Å². The van der Waals surface area contributed by atoms with Crippen LogP contribution in [0.5, 0.6) is 0 Å². The lowest BCUT2D eigenvalue weighted by Crippen LogP contribution is -2.09. The van der Waals surface area contributed by atoms with Gasteiger partial charge in [0.2, 0.25) is 0 Å². The minimum Gasteiger partial charge on any atom is -0.456 e.